The first-order valence-corrected chi connectivity index (χ1v) is 3.63. The van der Waals surface area contributed by atoms with Crippen LogP contribution in [-0.4, -0.2) is 10.9 Å². The van der Waals surface area contributed by atoms with E-state index in [0.717, 1.165) is 5.69 Å². The van der Waals surface area contributed by atoms with Crippen LogP contribution in [0.25, 0.3) is 0 Å². The number of rotatable bonds is 1. The molecule has 0 atom stereocenters. The molecular weight excluding hydrogens is 148 g/mol. The second-order valence-electron chi connectivity index (χ2n) is 1.89. The van der Waals surface area contributed by atoms with Crippen LogP contribution in [0, 0.1) is 12.3 Å². The van der Waals surface area contributed by atoms with E-state index in [4.69, 9.17) is 0 Å². The Morgan fingerprint density at radius 1 is 1.80 bits per heavy atom. The molecule has 1 N–H and O–H groups in total. The molecule has 0 aromatic carbocycles. The summed E-state index contributed by atoms with van der Waals surface area (Å²) in [6, 6.07) is 0. The molecule has 10 heavy (non-hydrogen) atoms. The zero-order valence-corrected chi connectivity index (χ0v) is 6.58. The van der Waals surface area contributed by atoms with Crippen molar-refractivity contribution in [2.45, 2.75) is 13.8 Å². The lowest BCUT2D eigenvalue weighted by Gasteiger charge is -1.91. The molecule has 1 aromatic rings. The minimum absolute atomic E-state index is 0.0947. The molecule has 0 bridgehead atoms. The maximum absolute atomic E-state index is 10.5. The molecule has 0 saturated carbocycles. The summed E-state index contributed by atoms with van der Waals surface area (Å²) < 4.78 is 0. The summed E-state index contributed by atoms with van der Waals surface area (Å²) in [7, 11) is 0. The lowest BCUT2D eigenvalue weighted by Crippen LogP contribution is -2.04. The number of thiazole rings is 1. The van der Waals surface area contributed by atoms with Crippen LogP contribution < -0.4 is 5.32 Å². The first-order chi connectivity index (χ1) is 4.68. The van der Waals surface area contributed by atoms with Gasteiger partial charge < -0.3 is 5.32 Å². The third-order valence-electron chi connectivity index (χ3n) is 0.848. The zero-order valence-electron chi connectivity index (χ0n) is 5.76. The highest BCUT2D eigenvalue weighted by Crippen LogP contribution is 2.12. The summed E-state index contributed by atoms with van der Waals surface area (Å²) in [5.74, 6) is -0.0947. The summed E-state index contributed by atoms with van der Waals surface area (Å²) in [6.45, 7) is 3.29. The maximum Gasteiger partial charge on any atom is 0.223 e. The van der Waals surface area contributed by atoms with E-state index in [1.807, 2.05) is 6.92 Å². The van der Waals surface area contributed by atoms with E-state index in [1.165, 1.54) is 18.3 Å². The van der Waals surface area contributed by atoms with Crippen LogP contribution in [0.5, 0.6) is 0 Å². The molecule has 0 fully saturated rings. The van der Waals surface area contributed by atoms with Crippen molar-refractivity contribution in [1.82, 2.24) is 4.98 Å². The molecular formula is C6H7N2OS. The number of amides is 1. The Labute approximate surface area is 63.1 Å². The summed E-state index contributed by atoms with van der Waals surface area (Å²) >= 11 is 1.31. The number of anilines is 1. The van der Waals surface area contributed by atoms with Gasteiger partial charge in [-0.15, -0.1) is 0 Å². The molecule has 0 saturated heterocycles. The van der Waals surface area contributed by atoms with Crippen molar-refractivity contribution in [3.8, 4) is 0 Å². The normalized spacial score (nSPS) is 9.40. The van der Waals surface area contributed by atoms with Gasteiger partial charge >= 0.3 is 0 Å². The topological polar surface area (TPSA) is 42.0 Å². The Balaban J connectivity index is 2.67. The molecule has 1 radical (unpaired) electrons. The molecule has 1 rings (SSSR count). The maximum atomic E-state index is 10.5. The molecule has 0 unspecified atom stereocenters. The number of carbonyl (C=O) groups is 1. The number of aryl methyl sites for hydroxylation is 1. The molecule has 1 aromatic heterocycles. The third-order valence-corrected chi connectivity index (χ3v) is 1.63. The predicted molar refractivity (Wildman–Crippen MR) is 40.0 cm³/mol. The van der Waals surface area contributed by atoms with Crippen LogP contribution in [0.4, 0.5) is 5.13 Å². The fourth-order valence-corrected chi connectivity index (χ4v) is 1.19. The standard InChI is InChI=1S/C6H7N2OS/c1-4-3-10-6(7-4)8-5(2)9/h1-2H3,(H,7,8,9). The quantitative estimate of drug-likeness (QED) is 0.662. The average molecular weight is 155 g/mol. The Morgan fingerprint density at radius 3 is 2.90 bits per heavy atom. The highest BCUT2D eigenvalue weighted by molar-refractivity contribution is 7.13. The van der Waals surface area contributed by atoms with Crippen molar-refractivity contribution >= 4 is 22.4 Å². The van der Waals surface area contributed by atoms with Gasteiger partial charge in [-0.05, 0) is 6.92 Å². The Kier molecular flexibility index (Phi) is 2.01. The minimum atomic E-state index is -0.0947. The molecule has 0 aliphatic carbocycles. The van der Waals surface area contributed by atoms with Crippen molar-refractivity contribution in [2.24, 2.45) is 0 Å². The summed E-state index contributed by atoms with van der Waals surface area (Å²) in [4.78, 5) is 14.4. The molecule has 0 spiro atoms. The van der Waals surface area contributed by atoms with Gasteiger partial charge in [0, 0.05) is 6.92 Å². The molecule has 4 heteroatoms. The van der Waals surface area contributed by atoms with Crippen molar-refractivity contribution in [2.75, 3.05) is 5.32 Å². The van der Waals surface area contributed by atoms with Crippen LogP contribution in [0.15, 0.2) is 0 Å². The number of hydrogen-bond donors (Lipinski definition) is 1. The minimum Gasteiger partial charge on any atom is -0.302 e. The fraction of sp³-hybridized carbons (Fsp3) is 0.333. The number of nitrogens with one attached hydrogen (secondary N) is 1. The van der Waals surface area contributed by atoms with Gasteiger partial charge in [-0.2, -0.15) is 0 Å². The van der Waals surface area contributed by atoms with Gasteiger partial charge in [0.2, 0.25) is 5.91 Å². The predicted octanol–water partition coefficient (Wildman–Crippen LogP) is 1.21. The van der Waals surface area contributed by atoms with Crippen LogP contribution in [0.2, 0.25) is 0 Å². The molecule has 1 heterocycles. The van der Waals surface area contributed by atoms with Crippen molar-refractivity contribution in [3.05, 3.63) is 11.1 Å². The average Bonchev–Trinajstić information content (AvgIpc) is 2.13. The van der Waals surface area contributed by atoms with Gasteiger partial charge in [0.15, 0.2) is 5.13 Å². The largest absolute Gasteiger partial charge is 0.302 e. The number of aromatic nitrogens is 1. The molecule has 0 aliphatic heterocycles. The number of nitrogens with zero attached hydrogens (tertiary/aromatic N) is 1. The Hall–Kier alpha value is -0.900. The van der Waals surface area contributed by atoms with Crippen LogP contribution in [0.1, 0.15) is 12.6 Å². The van der Waals surface area contributed by atoms with Gasteiger partial charge in [0.1, 0.15) is 0 Å². The van der Waals surface area contributed by atoms with E-state index < -0.39 is 0 Å². The van der Waals surface area contributed by atoms with Gasteiger partial charge in [-0.3, -0.25) is 4.79 Å². The van der Waals surface area contributed by atoms with Crippen LogP contribution in [0.3, 0.4) is 0 Å². The van der Waals surface area contributed by atoms with E-state index in [-0.39, 0.29) is 5.91 Å². The number of carbonyl (C=O) groups excluding carboxylic acids is 1. The fourth-order valence-electron chi connectivity index (χ4n) is 0.524. The highest BCUT2D eigenvalue weighted by atomic mass is 32.1. The second kappa shape index (κ2) is 2.79. The highest BCUT2D eigenvalue weighted by Gasteiger charge is 1.98. The van der Waals surface area contributed by atoms with Crippen molar-refractivity contribution in [3.63, 3.8) is 0 Å². The Morgan fingerprint density at radius 2 is 2.50 bits per heavy atom. The van der Waals surface area contributed by atoms with E-state index in [1.54, 1.807) is 0 Å². The van der Waals surface area contributed by atoms with E-state index in [0.29, 0.717) is 5.13 Å². The van der Waals surface area contributed by atoms with E-state index in [9.17, 15) is 4.79 Å². The van der Waals surface area contributed by atoms with Crippen molar-refractivity contribution < 1.29 is 4.79 Å². The molecule has 3 nitrogen and oxygen atoms in total. The zero-order chi connectivity index (χ0) is 7.56. The van der Waals surface area contributed by atoms with Gasteiger partial charge in [0.05, 0.1) is 11.1 Å². The van der Waals surface area contributed by atoms with Gasteiger partial charge in [0.25, 0.3) is 0 Å². The van der Waals surface area contributed by atoms with E-state index in [2.05, 4.69) is 15.7 Å². The van der Waals surface area contributed by atoms with Crippen molar-refractivity contribution in [1.29, 1.82) is 0 Å². The first-order valence-electron chi connectivity index (χ1n) is 2.81. The number of hydrogen-bond acceptors (Lipinski definition) is 3. The molecule has 1 amide bonds. The monoisotopic (exact) mass is 155 g/mol. The summed E-state index contributed by atoms with van der Waals surface area (Å²) in [5.41, 5.74) is 0.814. The summed E-state index contributed by atoms with van der Waals surface area (Å²) in [6.07, 6.45) is 0. The smallest absolute Gasteiger partial charge is 0.223 e. The molecule has 53 valence electrons. The molecule has 0 aliphatic rings. The van der Waals surface area contributed by atoms with Crippen LogP contribution >= 0.6 is 11.3 Å². The van der Waals surface area contributed by atoms with Gasteiger partial charge in [-0.25, -0.2) is 4.98 Å². The van der Waals surface area contributed by atoms with Crippen LogP contribution in [-0.2, 0) is 4.79 Å². The SMILES string of the molecule is CC(=O)Nc1nc(C)[c]s1. The third kappa shape index (κ3) is 1.80. The van der Waals surface area contributed by atoms with E-state index >= 15 is 0 Å². The first kappa shape index (κ1) is 7.21. The second-order valence-corrected chi connectivity index (χ2v) is 2.68. The lowest BCUT2D eigenvalue weighted by molar-refractivity contribution is -0.114. The lowest BCUT2D eigenvalue weighted by atomic mass is 10.6. The Bertz CT molecular complexity index is 244. The van der Waals surface area contributed by atoms with Gasteiger partial charge in [-0.1, -0.05) is 11.3 Å². The summed E-state index contributed by atoms with van der Waals surface area (Å²) in [5, 5.41) is 6.07.